The molecule has 8 heteroatoms. The summed E-state index contributed by atoms with van der Waals surface area (Å²) in [5, 5.41) is 4.05. The monoisotopic (exact) mass is 382 g/mol. The van der Waals surface area contributed by atoms with Crippen molar-refractivity contribution in [3.05, 3.63) is 40.7 Å². The standard InChI is InChI=1S/C17H19FN2O3S2/c1-4-23-15(21)8-13-9-24-17(20-13)25-11(3)16(22)19-12-6-5-10(2)14(18)7-12/h5-7,9,11H,4,8H2,1-3H3,(H,19,22)/t11-/m0/s1. The third-order valence-electron chi connectivity index (χ3n) is 3.25. The first-order valence-corrected chi connectivity index (χ1v) is 9.48. The van der Waals surface area contributed by atoms with E-state index in [0.717, 1.165) is 0 Å². The van der Waals surface area contributed by atoms with Gasteiger partial charge in [-0.05, 0) is 38.5 Å². The van der Waals surface area contributed by atoms with Crippen molar-refractivity contribution in [3.8, 4) is 0 Å². The quantitative estimate of drug-likeness (QED) is 0.582. The molecule has 1 N–H and O–H groups in total. The van der Waals surface area contributed by atoms with E-state index in [1.54, 1.807) is 38.3 Å². The molecule has 2 rings (SSSR count). The zero-order chi connectivity index (χ0) is 18.4. The van der Waals surface area contributed by atoms with Crippen LogP contribution in [0.4, 0.5) is 10.1 Å². The SMILES string of the molecule is CCOC(=O)Cc1csc(S[C@@H](C)C(=O)Nc2ccc(C)c(F)c2)n1. The van der Waals surface area contributed by atoms with Crippen LogP contribution in [-0.4, -0.2) is 28.7 Å². The molecule has 1 atom stereocenters. The third kappa shape index (κ3) is 5.82. The van der Waals surface area contributed by atoms with Gasteiger partial charge in [0.2, 0.25) is 5.91 Å². The molecule has 0 spiro atoms. The summed E-state index contributed by atoms with van der Waals surface area (Å²) < 4.78 is 19.1. The highest BCUT2D eigenvalue weighted by Crippen LogP contribution is 2.28. The normalized spacial score (nSPS) is 11.8. The van der Waals surface area contributed by atoms with Crippen LogP contribution in [0.1, 0.15) is 25.1 Å². The number of nitrogens with zero attached hydrogens (tertiary/aromatic N) is 1. The lowest BCUT2D eigenvalue weighted by Gasteiger charge is -2.11. The summed E-state index contributed by atoms with van der Waals surface area (Å²) >= 11 is 2.66. The lowest BCUT2D eigenvalue weighted by atomic mass is 10.2. The molecule has 0 fully saturated rings. The molecule has 0 bridgehead atoms. The maximum atomic E-state index is 13.5. The van der Waals surface area contributed by atoms with E-state index in [4.69, 9.17) is 4.74 Å². The number of hydrogen-bond donors (Lipinski definition) is 1. The lowest BCUT2D eigenvalue weighted by molar-refractivity contribution is -0.142. The molecule has 0 aliphatic carbocycles. The number of aromatic nitrogens is 1. The molecule has 0 saturated carbocycles. The fourth-order valence-corrected chi connectivity index (χ4v) is 3.88. The van der Waals surface area contributed by atoms with Crippen LogP contribution in [-0.2, 0) is 20.7 Å². The zero-order valence-electron chi connectivity index (χ0n) is 14.2. The van der Waals surface area contributed by atoms with E-state index in [1.807, 2.05) is 0 Å². The van der Waals surface area contributed by atoms with Gasteiger partial charge in [0.1, 0.15) is 5.82 Å². The molecule has 1 aromatic carbocycles. The molecule has 25 heavy (non-hydrogen) atoms. The average molecular weight is 382 g/mol. The summed E-state index contributed by atoms with van der Waals surface area (Å²) in [5.74, 6) is -0.923. The van der Waals surface area contributed by atoms with Crippen molar-refractivity contribution in [3.63, 3.8) is 0 Å². The molecular formula is C17H19FN2O3S2. The fourth-order valence-electron chi connectivity index (χ4n) is 1.90. The number of halogens is 1. The number of hydrogen-bond acceptors (Lipinski definition) is 6. The van der Waals surface area contributed by atoms with Gasteiger partial charge >= 0.3 is 5.97 Å². The van der Waals surface area contributed by atoms with Crippen LogP contribution in [0.25, 0.3) is 0 Å². The van der Waals surface area contributed by atoms with Crippen molar-refractivity contribution in [1.82, 2.24) is 4.98 Å². The number of carbonyl (C=O) groups excluding carboxylic acids is 2. The van der Waals surface area contributed by atoms with Gasteiger partial charge < -0.3 is 10.1 Å². The van der Waals surface area contributed by atoms with Gasteiger partial charge in [-0.1, -0.05) is 17.8 Å². The Morgan fingerprint density at radius 2 is 2.20 bits per heavy atom. The lowest BCUT2D eigenvalue weighted by Crippen LogP contribution is -2.22. The smallest absolute Gasteiger partial charge is 0.311 e. The minimum atomic E-state index is -0.411. The first-order chi connectivity index (χ1) is 11.9. The Bertz CT molecular complexity index is 764. The molecule has 1 aromatic heterocycles. The molecule has 2 aromatic rings. The second kappa shape index (κ2) is 8.96. The number of thioether (sulfide) groups is 1. The van der Waals surface area contributed by atoms with E-state index in [1.165, 1.54) is 29.2 Å². The summed E-state index contributed by atoms with van der Waals surface area (Å²) in [6.07, 6.45) is 0.119. The van der Waals surface area contributed by atoms with Crippen molar-refractivity contribution >= 4 is 40.7 Å². The van der Waals surface area contributed by atoms with Crippen LogP contribution in [0, 0.1) is 12.7 Å². The van der Waals surface area contributed by atoms with Crippen LogP contribution in [0.3, 0.4) is 0 Å². The topological polar surface area (TPSA) is 68.3 Å². The van der Waals surface area contributed by atoms with Gasteiger partial charge in [-0.3, -0.25) is 9.59 Å². The van der Waals surface area contributed by atoms with Gasteiger partial charge in [0.15, 0.2) is 4.34 Å². The second-order valence-corrected chi connectivity index (χ2v) is 7.75. The maximum absolute atomic E-state index is 13.5. The minimum Gasteiger partial charge on any atom is -0.466 e. The Morgan fingerprint density at radius 1 is 1.44 bits per heavy atom. The van der Waals surface area contributed by atoms with E-state index < -0.39 is 5.25 Å². The maximum Gasteiger partial charge on any atom is 0.311 e. The second-order valence-electron chi connectivity index (χ2n) is 5.30. The van der Waals surface area contributed by atoms with Gasteiger partial charge in [-0.2, -0.15) is 0 Å². The van der Waals surface area contributed by atoms with Crippen LogP contribution in [0.2, 0.25) is 0 Å². The van der Waals surface area contributed by atoms with Crippen molar-refractivity contribution in [2.75, 3.05) is 11.9 Å². The van der Waals surface area contributed by atoms with Crippen LogP contribution < -0.4 is 5.32 Å². The van der Waals surface area contributed by atoms with E-state index in [-0.39, 0.29) is 24.1 Å². The number of ether oxygens (including phenoxy) is 1. The largest absolute Gasteiger partial charge is 0.466 e. The molecule has 134 valence electrons. The summed E-state index contributed by atoms with van der Waals surface area (Å²) in [4.78, 5) is 28.0. The Balaban J connectivity index is 1.91. The molecule has 1 heterocycles. The summed E-state index contributed by atoms with van der Waals surface area (Å²) in [7, 11) is 0. The molecule has 0 aliphatic rings. The number of carbonyl (C=O) groups is 2. The third-order valence-corrected chi connectivity index (χ3v) is 5.37. The Hall–Kier alpha value is -1.93. The number of rotatable bonds is 7. The molecule has 5 nitrogen and oxygen atoms in total. The summed E-state index contributed by atoms with van der Waals surface area (Å²) in [5.41, 5.74) is 1.57. The predicted octanol–water partition coefficient (Wildman–Crippen LogP) is 3.82. The Morgan fingerprint density at radius 3 is 2.88 bits per heavy atom. The average Bonchev–Trinajstić information content (AvgIpc) is 2.98. The van der Waals surface area contributed by atoms with Gasteiger partial charge in [-0.15, -0.1) is 11.3 Å². The first-order valence-electron chi connectivity index (χ1n) is 7.72. The summed E-state index contributed by atoms with van der Waals surface area (Å²) in [6.45, 7) is 5.49. The number of thiazole rings is 1. The van der Waals surface area contributed by atoms with E-state index in [2.05, 4.69) is 10.3 Å². The molecule has 0 radical (unpaired) electrons. The van der Waals surface area contributed by atoms with Crippen molar-refractivity contribution < 1.29 is 18.7 Å². The van der Waals surface area contributed by atoms with Gasteiger partial charge in [0, 0.05) is 11.1 Å². The van der Waals surface area contributed by atoms with Crippen LogP contribution >= 0.6 is 23.1 Å². The molecule has 0 saturated heterocycles. The molecule has 1 amide bonds. The van der Waals surface area contributed by atoms with Crippen molar-refractivity contribution in [1.29, 1.82) is 0 Å². The Labute approximate surface area is 154 Å². The number of nitrogens with one attached hydrogen (secondary N) is 1. The van der Waals surface area contributed by atoms with Crippen molar-refractivity contribution in [2.45, 2.75) is 36.8 Å². The number of aryl methyl sites for hydroxylation is 1. The highest BCUT2D eigenvalue weighted by atomic mass is 32.2. The summed E-state index contributed by atoms with van der Waals surface area (Å²) in [6, 6.07) is 4.57. The highest BCUT2D eigenvalue weighted by Gasteiger charge is 2.18. The van der Waals surface area contributed by atoms with Gasteiger partial charge in [-0.25, -0.2) is 9.37 Å². The number of amides is 1. The van der Waals surface area contributed by atoms with E-state index >= 15 is 0 Å². The minimum absolute atomic E-state index is 0.119. The highest BCUT2D eigenvalue weighted by molar-refractivity contribution is 8.02. The van der Waals surface area contributed by atoms with Crippen molar-refractivity contribution in [2.24, 2.45) is 0 Å². The molecule has 0 unspecified atom stereocenters. The van der Waals surface area contributed by atoms with Crippen LogP contribution in [0.15, 0.2) is 27.9 Å². The van der Waals surface area contributed by atoms with Crippen LogP contribution in [0.5, 0.6) is 0 Å². The van der Waals surface area contributed by atoms with E-state index in [0.29, 0.717) is 27.9 Å². The number of anilines is 1. The van der Waals surface area contributed by atoms with E-state index in [9.17, 15) is 14.0 Å². The zero-order valence-corrected chi connectivity index (χ0v) is 15.8. The van der Waals surface area contributed by atoms with Gasteiger partial charge in [0.25, 0.3) is 0 Å². The van der Waals surface area contributed by atoms with Gasteiger partial charge in [0.05, 0.1) is 24.0 Å². The number of esters is 1. The number of benzene rings is 1. The molecular weight excluding hydrogens is 363 g/mol. The first kappa shape index (κ1) is 19.4. The molecule has 0 aliphatic heterocycles. The Kier molecular flexibility index (Phi) is 6.95. The fraction of sp³-hybridized carbons (Fsp3) is 0.353. The predicted molar refractivity (Wildman–Crippen MR) is 97.5 cm³/mol.